The molecule has 1 aliphatic rings. The maximum Gasteiger partial charge on any atom is 0.147 e. The molecule has 4 heteroatoms. The Morgan fingerprint density at radius 2 is 2.11 bits per heavy atom. The number of nitrogens with one attached hydrogen (secondary N) is 1. The van der Waals surface area contributed by atoms with Gasteiger partial charge in [0.2, 0.25) is 0 Å². The van der Waals surface area contributed by atoms with Crippen molar-refractivity contribution in [3.05, 3.63) is 33.0 Å². The van der Waals surface area contributed by atoms with Crippen LogP contribution in [-0.2, 0) is 0 Å². The molecule has 1 aromatic carbocycles. The summed E-state index contributed by atoms with van der Waals surface area (Å²) in [4.78, 5) is 0. The minimum absolute atomic E-state index is 0.0474. The lowest BCUT2D eigenvalue weighted by atomic mass is 9.94. The van der Waals surface area contributed by atoms with Gasteiger partial charge in [0, 0.05) is 16.1 Å². The minimum Gasteiger partial charge on any atom is -0.313 e. The van der Waals surface area contributed by atoms with Gasteiger partial charge >= 0.3 is 0 Å². The van der Waals surface area contributed by atoms with Gasteiger partial charge in [-0.25, -0.2) is 4.39 Å². The Morgan fingerprint density at radius 1 is 1.42 bits per heavy atom. The van der Waals surface area contributed by atoms with E-state index in [1.54, 1.807) is 0 Å². The van der Waals surface area contributed by atoms with Crippen molar-refractivity contribution >= 4 is 27.5 Å². The average Bonchev–Trinajstić information content (AvgIpc) is 2.92. The van der Waals surface area contributed by atoms with Gasteiger partial charge in [-0.05, 0) is 47.8 Å². The molecule has 1 atom stereocenters. The number of halogens is 3. The van der Waals surface area contributed by atoms with Crippen molar-refractivity contribution in [2.45, 2.75) is 44.6 Å². The Bertz CT molecular complexity index is 432. The Kier molecular flexibility index (Phi) is 5.67. The standard InChI is InChI=1S/C15H20BrClFN/c1-19-13(9-6-10-4-2-3-5-10)11-7-8-12(16)14(17)15(11)18/h7-8,10,13,19H,2-6,9H2,1H3. The normalized spacial score (nSPS) is 17.9. The third-order valence-electron chi connectivity index (χ3n) is 4.13. The van der Waals surface area contributed by atoms with Crippen LogP contribution in [0, 0.1) is 11.7 Å². The van der Waals surface area contributed by atoms with Gasteiger partial charge in [0.05, 0.1) is 5.02 Å². The van der Waals surface area contributed by atoms with E-state index in [9.17, 15) is 4.39 Å². The SMILES string of the molecule is CNC(CCC1CCCC1)c1ccc(Br)c(Cl)c1F. The molecule has 0 spiro atoms. The molecule has 1 fully saturated rings. The second kappa shape index (κ2) is 7.05. The summed E-state index contributed by atoms with van der Waals surface area (Å²) in [6, 6.07) is 3.69. The Morgan fingerprint density at radius 3 is 2.74 bits per heavy atom. The van der Waals surface area contributed by atoms with Crippen molar-refractivity contribution in [3.63, 3.8) is 0 Å². The number of benzene rings is 1. The zero-order valence-corrected chi connectivity index (χ0v) is 13.5. The Balaban J connectivity index is 2.06. The monoisotopic (exact) mass is 347 g/mol. The highest BCUT2D eigenvalue weighted by molar-refractivity contribution is 9.10. The highest BCUT2D eigenvalue weighted by Gasteiger charge is 2.21. The zero-order chi connectivity index (χ0) is 13.8. The molecule has 1 unspecified atom stereocenters. The second-order valence-electron chi connectivity index (χ2n) is 5.33. The molecule has 1 N–H and O–H groups in total. The van der Waals surface area contributed by atoms with Crippen molar-refractivity contribution in [1.82, 2.24) is 5.32 Å². The molecule has 0 saturated heterocycles. The summed E-state index contributed by atoms with van der Waals surface area (Å²) in [6.07, 6.45) is 7.51. The molecule has 1 aliphatic carbocycles. The molecular formula is C15H20BrClFN. The molecule has 0 aliphatic heterocycles. The van der Waals surface area contributed by atoms with Gasteiger partial charge in [-0.1, -0.05) is 43.4 Å². The van der Waals surface area contributed by atoms with Gasteiger partial charge < -0.3 is 5.32 Å². The van der Waals surface area contributed by atoms with Crippen LogP contribution in [0.3, 0.4) is 0 Å². The fourth-order valence-corrected chi connectivity index (χ4v) is 3.45. The molecule has 19 heavy (non-hydrogen) atoms. The average molecular weight is 349 g/mol. The molecule has 0 heterocycles. The smallest absolute Gasteiger partial charge is 0.147 e. The highest BCUT2D eigenvalue weighted by atomic mass is 79.9. The van der Waals surface area contributed by atoms with Crippen LogP contribution in [0.4, 0.5) is 4.39 Å². The highest BCUT2D eigenvalue weighted by Crippen LogP contribution is 2.34. The maximum atomic E-state index is 14.2. The summed E-state index contributed by atoms with van der Waals surface area (Å²) in [5, 5.41) is 3.40. The lowest BCUT2D eigenvalue weighted by molar-refractivity contribution is 0.418. The molecule has 2 rings (SSSR count). The molecular weight excluding hydrogens is 329 g/mol. The third-order valence-corrected chi connectivity index (χ3v) is 5.39. The number of rotatable bonds is 5. The van der Waals surface area contributed by atoms with Crippen LogP contribution in [0.15, 0.2) is 16.6 Å². The lowest BCUT2D eigenvalue weighted by Gasteiger charge is -2.20. The van der Waals surface area contributed by atoms with Crippen molar-refractivity contribution in [3.8, 4) is 0 Å². The van der Waals surface area contributed by atoms with E-state index >= 15 is 0 Å². The van der Waals surface area contributed by atoms with E-state index in [4.69, 9.17) is 11.6 Å². The molecule has 0 bridgehead atoms. The van der Waals surface area contributed by atoms with Gasteiger partial charge in [-0.3, -0.25) is 0 Å². The van der Waals surface area contributed by atoms with E-state index in [1.165, 1.54) is 32.1 Å². The van der Waals surface area contributed by atoms with Crippen LogP contribution in [0.5, 0.6) is 0 Å². The molecule has 0 aromatic heterocycles. The summed E-state index contributed by atoms with van der Waals surface area (Å²) >= 11 is 9.21. The van der Waals surface area contributed by atoms with Crippen LogP contribution in [-0.4, -0.2) is 7.05 Å². The van der Waals surface area contributed by atoms with Crippen LogP contribution >= 0.6 is 27.5 Å². The van der Waals surface area contributed by atoms with Crippen molar-refractivity contribution < 1.29 is 4.39 Å². The summed E-state index contributed by atoms with van der Waals surface area (Å²) in [6.45, 7) is 0. The van der Waals surface area contributed by atoms with E-state index < -0.39 is 0 Å². The summed E-state index contributed by atoms with van der Waals surface area (Å²) in [7, 11) is 1.88. The van der Waals surface area contributed by atoms with Crippen LogP contribution in [0.1, 0.15) is 50.1 Å². The van der Waals surface area contributed by atoms with Crippen LogP contribution in [0.25, 0.3) is 0 Å². The fourth-order valence-electron chi connectivity index (χ4n) is 2.97. The van der Waals surface area contributed by atoms with Gasteiger partial charge in [0.1, 0.15) is 5.82 Å². The minimum atomic E-state index is -0.304. The van der Waals surface area contributed by atoms with Crippen molar-refractivity contribution in [1.29, 1.82) is 0 Å². The first-order valence-corrected chi connectivity index (χ1v) is 8.11. The molecule has 1 nitrogen and oxygen atoms in total. The van der Waals surface area contributed by atoms with E-state index in [0.29, 0.717) is 10.0 Å². The molecule has 0 amide bonds. The molecule has 0 radical (unpaired) electrons. The van der Waals surface area contributed by atoms with E-state index in [0.717, 1.165) is 12.3 Å². The number of hydrogen-bond donors (Lipinski definition) is 1. The molecule has 1 saturated carbocycles. The summed E-state index contributed by atoms with van der Waals surface area (Å²) < 4.78 is 14.8. The zero-order valence-electron chi connectivity index (χ0n) is 11.2. The third kappa shape index (κ3) is 3.71. The van der Waals surface area contributed by atoms with Gasteiger partial charge in [-0.15, -0.1) is 0 Å². The predicted molar refractivity (Wildman–Crippen MR) is 82.1 cm³/mol. The van der Waals surface area contributed by atoms with Crippen LogP contribution in [0.2, 0.25) is 5.02 Å². The summed E-state index contributed by atoms with van der Waals surface area (Å²) in [5.74, 6) is 0.520. The van der Waals surface area contributed by atoms with Gasteiger partial charge in [0.25, 0.3) is 0 Å². The van der Waals surface area contributed by atoms with E-state index in [1.807, 2.05) is 19.2 Å². The maximum absolute atomic E-state index is 14.2. The van der Waals surface area contributed by atoms with Crippen molar-refractivity contribution in [2.75, 3.05) is 7.05 Å². The van der Waals surface area contributed by atoms with E-state index in [2.05, 4.69) is 21.2 Å². The first-order valence-electron chi connectivity index (χ1n) is 6.94. The largest absolute Gasteiger partial charge is 0.313 e. The van der Waals surface area contributed by atoms with Crippen LogP contribution < -0.4 is 5.32 Å². The topological polar surface area (TPSA) is 12.0 Å². The predicted octanol–water partition coefficient (Wildman–Crippen LogP) is 5.47. The first kappa shape index (κ1) is 15.3. The molecule has 1 aromatic rings. The fraction of sp³-hybridized carbons (Fsp3) is 0.600. The second-order valence-corrected chi connectivity index (χ2v) is 6.57. The number of hydrogen-bond acceptors (Lipinski definition) is 1. The molecule has 106 valence electrons. The quantitative estimate of drug-likeness (QED) is 0.695. The first-order chi connectivity index (χ1) is 9.13. The lowest BCUT2D eigenvalue weighted by Crippen LogP contribution is -2.18. The Labute approximate surface area is 128 Å². The summed E-state index contributed by atoms with van der Waals surface area (Å²) in [5.41, 5.74) is 0.675. The van der Waals surface area contributed by atoms with Gasteiger partial charge in [0.15, 0.2) is 0 Å². The Hall–Kier alpha value is -0.120. The van der Waals surface area contributed by atoms with Crippen molar-refractivity contribution in [2.24, 2.45) is 5.92 Å². The van der Waals surface area contributed by atoms with E-state index in [-0.39, 0.29) is 16.9 Å². The van der Waals surface area contributed by atoms with Gasteiger partial charge in [-0.2, -0.15) is 0 Å².